The van der Waals surface area contributed by atoms with Crippen LogP contribution in [0.3, 0.4) is 0 Å². The normalized spacial score (nSPS) is 15.4. The molecule has 1 aliphatic heterocycles. The third-order valence-electron chi connectivity index (χ3n) is 5.99. The van der Waals surface area contributed by atoms with E-state index in [1.54, 1.807) is 7.11 Å². The van der Waals surface area contributed by atoms with Gasteiger partial charge in [0.25, 0.3) is 0 Å². The summed E-state index contributed by atoms with van der Waals surface area (Å²) in [4.78, 5) is 15.1. The number of hydrogen-bond acceptors (Lipinski definition) is 3. The number of amides is 1. The predicted octanol–water partition coefficient (Wildman–Crippen LogP) is 4.37. The highest BCUT2D eigenvalue weighted by Crippen LogP contribution is 2.27. The molecule has 2 aromatic carbocycles. The highest BCUT2D eigenvalue weighted by molar-refractivity contribution is 6.31. The summed E-state index contributed by atoms with van der Waals surface area (Å²) in [6.45, 7) is 3.27. The standard InChI is InChI=1S/C24H28ClN3O2/c1-27-15-19(22-13-20(25)6-7-23(22)27)16-28-10-8-18(9-11-28)24(29)26-14-17-4-3-5-21(12-17)30-2/h3-7,12-13,15,18H,8-11,14,16H2,1-2H3,(H,26,29). The average molecular weight is 426 g/mol. The number of methoxy groups -OCH3 is 1. The monoisotopic (exact) mass is 425 g/mol. The summed E-state index contributed by atoms with van der Waals surface area (Å²) in [5, 5.41) is 5.06. The van der Waals surface area contributed by atoms with E-state index in [-0.39, 0.29) is 11.8 Å². The van der Waals surface area contributed by atoms with Gasteiger partial charge in [0.2, 0.25) is 5.91 Å². The number of piperidine rings is 1. The van der Waals surface area contributed by atoms with Gasteiger partial charge in [-0.1, -0.05) is 23.7 Å². The van der Waals surface area contributed by atoms with Gasteiger partial charge in [0.05, 0.1) is 7.11 Å². The number of nitrogens with one attached hydrogen (secondary N) is 1. The second kappa shape index (κ2) is 9.11. The van der Waals surface area contributed by atoms with Gasteiger partial charge in [0.1, 0.15) is 5.75 Å². The van der Waals surface area contributed by atoms with E-state index < -0.39 is 0 Å². The van der Waals surface area contributed by atoms with Crippen LogP contribution in [0.2, 0.25) is 5.02 Å². The zero-order chi connectivity index (χ0) is 21.1. The number of ether oxygens (including phenoxy) is 1. The molecule has 1 N–H and O–H groups in total. The van der Waals surface area contributed by atoms with Crippen molar-refractivity contribution >= 4 is 28.4 Å². The summed E-state index contributed by atoms with van der Waals surface area (Å²) in [7, 11) is 3.72. The van der Waals surface area contributed by atoms with Gasteiger partial charge in [0, 0.05) is 48.2 Å². The molecule has 0 radical (unpaired) electrons. The third kappa shape index (κ3) is 4.63. The van der Waals surface area contributed by atoms with E-state index in [0.717, 1.165) is 48.8 Å². The van der Waals surface area contributed by atoms with Crippen LogP contribution >= 0.6 is 11.6 Å². The van der Waals surface area contributed by atoms with E-state index in [9.17, 15) is 4.79 Å². The minimum absolute atomic E-state index is 0.0776. The molecule has 1 saturated heterocycles. The quantitative estimate of drug-likeness (QED) is 0.638. The van der Waals surface area contributed by atoms with Crippen LogP contribution in [0.4, 0.5) is 0 Å². The van der Waals surface area contributed by atoms with Crippen molar-refractivity contribution in [3.8, 4) is 5.75 Å². The van der Waals surface area contributed by atoms with E-state index in [0.29, 0.717) is 6.54 Å². The Morgan fingerprint density at radius 3 is 2.77 bits per heavy atom. The number of aryl methyl sites for hydroxylation is 1. The van der Waals surface area contributed by atoms with Gasteiger partial charge < -0.3 is 14.6 Å². The molecule has 0 unspecified atom stereocenters. The minimum Gasteiger partial charge on any atom is -0.497 e. The molecule has 4 rings (SSSR count). The van der Waals surface area contributed by atoms with Crippen molar-refractivity contribution in [2.24, 2.45) is 13.0 Å². The first-order valence-corrected chi connectivity index (χ1v) is 10.8. The maximum Gasteiger partial charge on any atom is 0.223 e. The lowest BCUT2D eigenvalue weighted by Crippen LogP contribution is -2.40. The van der Waals surface area contributed by atoms with Gasteiger partial charge >= 0.3 is 0 Å². The van der Waals surface area contributed by atoms with Crippen LogP contribution in [0.1, 0.15) is 24.0 Å². The lowest BCUT2D eigenvalue weighted by molar-refractivity contribution is -0.126. The number of fused-ring (bicyclic) bond motifs is 1. The van der Waals surface area contributed by atoms with Crippen molar-refractivity contribution in [1.82, 2.24) is 14.8 Å². The van der Waals surface area contributed by atoms with Gasteiger partial charge in [-0.05, 0) is 67.4 Å². The molecule has 6 heteroatoms. The van der Waals surface area contributed by atoms with E-state index in [2.05, 4.69) is 34.1 Å². The summed E-state index contributed by atoms with van der Waals surface area (Å²) < 4.78 is 7.40. The Kier molecular flexibility index (Phi) is 6.30. The zero-order valence-corrected chi connectivity index (χ0v) is 18.3. The minimum atomic E-state index is 0.0776. The second-order valence-corrected chi connectivity index (χ2v) is 8.48. The summed E-state index contributed by atoms with van der Waals surface area (Å²) in [5.41, 5.74) is 3.53. The molecule has 158 valence electrons. The highest BCUT2D eigenvalue weighted by atomic mass is 35.5. The SMILES string of the molecule is COc1cccc(CNC(=O)C2CCN(Cc3cn(C)c4ccc(Cl)cc34)CC2)c1. The number of aromatic nitrogens is 1. The van der Waals surface area contributed by atoms with Gasteiger partial charge in [-0.3, -0.25) is 9.69 Å². The summed E-state index contributed by atoms with van der Waals surface area (Å²) in [6.07, 6.45) is 3.96. The van der Waals surface area contributed by atoms with Crippen molar-refractivity contribution < 1.29 is 9.53 Å². The number of carbonyl (C=O) groups is 1. The van der Waals surface area contributed by atoms with Crippen LogP contribution in [0, 0.1) is 5.92 Å². The molecular formula is C24H28ClN3O2. The molecule has 1 aromatic heterocycles. The summed E-state index contributed by atoms with van der Waals surface area (Å²) in [6, 6.07) is 13.9. The van der Waals surface area contributed by atoms with E-state index in [1.807, 2.05) is 36.4 Å². The Morgan fingerprint density at radius 1 is 1.20 bits per heavy atom. The van der Waals surface area contributed by atoms with E-state index in [1.165, 1.54) is 16.5 Å². The molecule has 1 aliphatic rings. The molecule has 3 aromatic rings. The first kappa shape index (κ1) is 20.8. The van der Waals surface area contributed by atoms with Crippen LogP contribution in [-0.4, -0.2) is 35.6 Å². The Morgan fingerprint density at radius 2 is 2.00 bits per heavy atom. The first-order valence-electron chi connectivity index (χ1n) is 10.4. The molecule has 0 atom stereocenters. The molecule has 30 heavy (non-hydrogen) atoms. The van der Waals surface area contributed by atoms with Crippen molar-refractivity contribution in [3.63, 3.8) is 0 Å². The number of nitrogens with zero attached hydrogens (tertiary/aromatic N) is 2. The van der Waals surface area contributed by atoms with E-state index in [4.69, 9.17) is 16.3 Å². The number of carbonyl (C=O) groups excluding carboxylic acids is 1. The number of halogens is 1. The van der Waals surface area contributed by atoms with Crippen molar-refractivity contribution in [2.45, 2.75) is 25.9 Å². The second-order valence-electron chi connectivity index (χ2n) is 8.05. The Balaban J connectivity index is 1.30. The van der Waals surface area contributed by atoms with Gasteiger partial charge in [-0.2, -0.15) is 0 Å². The topological polar surface area (TPSA) is 46.5 Å². The third-order valence-corrected chi connectivity index (χ3v) is 6.22. The lowest BCUT2D eigenvalue weighted by Gasteiger charge is -2.31. The summed E-state index contributed by atoms with van der Waals surface area (Å²) in [5.74, 6) is 1.04. The fourth-order valence-electron chi connectivity index (χ4n) is 4.28. The lowest BCUT2D eigenvalue weighted by atomic mass is 9.95. The molecule has 0 aliphatic carbocycles. The number of rotatable bonds is 6. The Hall–Kier alpha value is -2.50. The fraction of sp³-hybridized carbons (Fsp3) is 0.375. The zero-order valence-electron chi connectivity index (χ0n) is 17.5. The average Bonchev–Trinajstić information content (AvgIpc) is 3.07. The maximum atomic E-state index is 12.6. The largest absolute Gasteiger partial charge is 0.497 e. The number of benzene rings is 2. The molecule has 2 heterocycles. The molecule has 0 saturated carbocycles. The van der Waals surface area contributed by atoms with Crippen LogP contribution in [0.5, 0.6) is 5.75 Å². The van der Waals surface area contributed by atoms with Crippen molar-refractivity contribution in [1.29, 1.82) is 0 Å². The van der Waals surface area contributed by atoms with Crippen LogP contribution < -0.4 is 10.1 Å². The summed E-state index contributed by atoms with van der Waals surface area (Å²) >= 11 is 6.21. The van der Waals surface area contributed by atoms with Crippen molar-refractivity contribution in [3.05, 3.63) is 64.8 Å². The fourth-order valence-corrected chi connectivity index (χ4v) is 4.45. The smallest absolute Gasteiger partial charge is 0.223 e. The number of likely N-dealkylation sites (tertiary alicyclic amines) is 1. The van der Waals surface area contributed by atoms with Crippen LogP contribution in [0.25, 0.3) is 10.9 Å². The molecule has 1 amide bonds. The highest BCUT2D eigenvalue weighted by Gasteiger charge is 2.25. The van der Waals surface area contributed by atoms with E-state index >= 15 is 0 Å². The maximum absolute atomic E-state index is 12.6. The Labute approximate surface area is 182 Å². The van der Waals surface area contributed by atoms with Gasteiger partial charge in [-0.25, -0.2) is 0 Å². The van der Waals surface area contributed by atoms with Crippen LogP contribution in [0.15, 0.2) is 48.7 Å². The van der Waals surface area contributed by atoms with Crippen LogP contribution in [-0.2, 0) is 24.9 Å². The molecular weight excluding hydrogens is 398 g/mol. The molecule has 0 bridgehead atoms. The number of hydrogen-bond donors (Lipinski definition) is 1. The van der Waals surface area contributed by atoms with Gasteiger partial charge in [0.15, 0.2) is 0 Å². The Bertz CT molecular complexity index is 1040. The predicted molar refractivity (Wildman–Crippen MR) is 121 cm³/mol. The van der Waals surface area contributed by atoms with Gasteiger partial charge in [-0.15, -0.1) is 0 Å². The molecule has 5 nitrogen and oxygen atoms in total. The molecule has 0 spiro atoms. The first-order chi connectivity index (χ1) is 14.5. The molecule has 1 fully saturated rings. The van der Waals surface area contributed by atoms with Crippen molar-refractivity contribution in [2.75, 3.05) is 20.2 Å².